The molecule has 0 aliphatic heterocycles. The molecule has 0 aromatic carbocycles. The fraction of sp³-hybridized carbons (Fsp3) is 0.875. The Hall–Kier alpha value is -0.120. The van der Waals surface area contributed by atoms with Gasteiger partial charge in [-0.2, -0.15) is 0 Å². The monoisotopic (exact) mass is 158 g/mol. The van der Waals surface area contributed by atoms with E-state index in [2.05, 4.69) is 17.6 Å². The summed E-state index contributed by atoms with van der Waals surface area (Å²) in [6.07, 6.45) is 2.24. The van der Waals surface area contributed by atoms with Crippen molar-refractivity contribution < 1.29 is 0 Å². The Morgan fingerprint density at radius 2 is 1.64 bits per heavy atom. The van der Waals surface area contributed by atoms with Gasteiger partial charge in [0, 0.05) is 0 Å². The molecule has 0 aliphatic carbocycles. The topological polar surface area (TPSA) is 50.1 Å². The first-order valence-corrected chi connectivity index (χ1v) is 4.32. The van der Waals surface area contributed by atoms with Gasteiger partial charge in [-0.15, -0.1) is 0 Å². The van der Waals surface area contributed by atoms with Gasteiger partial charge in [-0.25, -0.2) is 0 Å². The highest BCUT2D eigenvalue weighted by molar-refractivity contribution is 4.52. The van der Waals surface area contributed by atoms with Crippen molar-refractivity contribution in [1.82, 2.24) is 10.6 Å². The molecule has 1 radical (unpaired) electrons. The summed E-state index contributed by atoms with van der Waals surface area (Å²) in [5.74, 6) is 0. The number of hydrogen-bond acceptors (Lipinski definition) is 3. The van der Waals surface area contributed by atoms with Crippen LogP contribution in [0.25, 0.3) is 0 Å². The van der Waals surface area contributed by atoms with E-state index < -0.39 is 0 Å². The number of rotatable bonds is 8. The van der Waals surface area contributed by atoms with Crippen molar-refractivity contribution >= 4 is 0 Å². The van der Waals surface area contributed by atoms with Crippen LogP contribution in [0.15, 0.2) is 0 Å². The quantitative estimate of drug-likeness (QED) is 0.427. The zero-order valence-corrected chi connectivity index (χ0v) is 7.23. The van der Waals surface area contributed by atoms with Gasteiger partial charge in [0.05, 0.1) is 0 Å². The second kappa shape index (κ2) is 9.88. The normalized spacial score (nSPS) is 10.4. The molecule has 0 atom stereocenters. The first kappa shape index (κ1) is 10.9. The van der Waals surface area contributed by atoms with Gasteiger partial charge in [0.25, 0.3) is 0 Å². The maximum atomic E-state index is 5.33. The minimum Gasteiger partial charge on any atom is -0.330 e. The van der Waals surface area contributed by atoms with E-state index in [9.17, 15) is 0 Å². The molecule has 67 valence electrons. The van der Waals surface area contributed by atoms with Gasteiger partial charge in [0.2, 0.25) is 0 Å². The van der Waals surface area contributed by atoms with Gasteiger partial charge in [0.1, 0.15) is 0 Å². The van der Waals surface area contributed by atoms with E-state index in [1.54, 1.807) is 0 Å². The molecular weight excluding hydrogens is 138 g/mol. The van der Waals surface area contributed by atoms with Crippen LogP contribution in [-0.4, -0.2) is 32.7 Å². The largest absolute Gasteiger partial charge is 0.330 e. The highest BCUT2D eigenvalue weighted by Gasteiger charge is 1.86. The maximum Gasteiger partial charge on any atom is -0.00368 e. The average Bonchev–Trinajstić information content (AvgIpc) is 2.03. The molecule has 0 spiro atoms. The minimum absolute atomic E-state index is 0.782. The molecule has 0 heterocycles. The zero-order chi connectivity index (χ0) is 8.36. The molecule has 3 nitrogen and oxygen atoms in total. The van der Waals surface area contributed by atoms with Gasteiger partial charge in [-0.1, -0.05) is 0 Å². The molecule has 0 fully saturated rings. The molecule has 11 heavy (non-hydrogen) atoms. The van der Waals surface area contributed by atoms with Crippen molar-refractivity contribution in [1.29, 1.82) is 0 Å². The molecule has 4 N–H and O–H groups in total. The van der Waals surface area contributed by atoms with Crippen LogP contribution in [0.5, 0.6) is 0 Å². The molecule has 0 aromatic heterocycles. The number of nitrogens with two attached hydrogens (primary N) is 1. The van der Waals surface area contributed by atoms with E-state index in [1.165, 1.54) is 6.42 Å². The van der Waals surface area contributed by atoms with Crippen LogP contribution in [0, 0.1) is 6.92 Å². The van der Waals surface area contributed by atoms with Crippen molar-refractivity contribution in [2.24, 2.45) is 5.73 Å². The van der Waals surface area contributed by atoms with Crippen molar-refractivity contribution in [2.75, 3.05) is 32.7 Å². The van der Waals surface area contributed by atoms with Crippen LogP contribution in [0.1, 0.15) is 12.8 Å². The molecule has 0 amide bonds. The van der Waals surface area contributed by atoms with Crippen LogP contribution < -0.4 is 16.4 Å². The van der Waals surface area contributed by atoms with Crippen molar-refractivity contribution in [3.63, 3.8) is 0 Å². The van der Waals surface area contributed by atoms with E-state index in [0.717, 1.165) is 39.1 Å². The summed E-state index contributed by atoms with van der Waals surface area (Å²) in [6, 6.07) is 0. The molecule has 0 saturated carbocycles. The third kappa shape index (κ3) is 9.88. The van der Waals surface area contributed by atoms with Gasteiger partial charge < -0.3 is 16.4 Å². The summed E-state index contributed by atoms with van der Waals surface area (Å²) in [4.78, 5) is 0. The molecule has 0 aromatic rings. The predicted octanol–water partition coefficient (Wildman–Crippen LogP) is -0.261. The Labute approximate surface area is 69.7 Å². The second-order valence-corrected chi connectivity index (χ2v) is 2.50. The Morgan fingerprint density at radius 1 is 1.00 bits per heavy atom. The van der Waals surface area contributed by atoms with Crippen LogP contribution in [0.3, 0.4) is 0 Å². The first-order valence-electron chi connectivity index (χ1n) is 4.32. The van der Waals surface area contributed by atoms with Crippen LogP contribution in [-0.2, 0) is 0 Å². The van der Waals surface area contributed by atoms with E-state index in [0.29, 0.717) is 0 Å². The second-order valence-electron chi connectivity index (χ2n) is 2.50. The van der Waals surface area contributed by atoms with E-state index >= 15 is 0 Å². The number of hydrogen-bond donors (Lipinski definition) is 3. The van der Waals surface area contributed by atoms with E-state index in [-0.39, 0.29) is 0 Å². The van der Waals surface area contributed by atoms with Gasteiger partial charge >= 0.3 is 0 Å². The maximum absolute atomic E-state index is 5.33. The van der Waals surface area contributed by atoms with Crippen molar-refractivity contribution in [3.05, 3.63) is 6.92 Å². The summed E-state index contributed by atoms with van der Waals surface area (Å²) in [5, 5.41) is 6.47. The highest BCUT2D eigenvalue weighted by atomic mass is 14.9. The molecule has 3 heteroatoms. The molecule has 0 bridgehead atoms. The lowest BCUT2D eigenvalue weighted by Crippen LogP contribution is -2.23. The Morgan fingerprint density at radius 3 is 2.27 bits per heavy atom. The molecule has 0 unspecified atom stereocenters. The Balaban J connectivity index is 2.69. The number of nitrogens with one attached hydrogen (secondary N) is 2. The third-order valence-electron chi connectivity index (χ3n) is 1.44. The summed E-state index contributed by atoms with van der Waals surface area (Å²) < 4.78 is 0. The molecule has 0 saturated heterocycles. The SMILES string of the molecule is [CH2]CNCCCNCCCN. The third-order valence-corrected chi connectivity index (χ3v) is 1.44. The van der Waals surface area contributed by atoms with Gasteiger partial charge in [-0.3, -0.25) is 0 Å². The lowest BCUT2D eigenvalue weighted by molar-refractivity contribution is 0.601. The fourth-order valence-corrected chi connectivity index (χ4v) is 0.815. The predicted molar refractivity (Wildman–Crippen MR) is 49.4 cm³/mol. The van der Waals surface area contributed by atoms with Crippen LogP contribution >= 0.6 is 0 Å². The fourth-order valence-electron chi connectivity index (χ4n) is 0.815. The molecular formula is C8H20N3. The van der Waals surface area contributed by atoms with Gasteiger partial charge in [-0.05, 0) is 52.5 Å². The van der Waals surface area contributed by atoms with E-state index in [4.69, 9.17) is 5.73 Å². The van der Waals surface area contributed by atoms with Gasteiger partial charge in [0.15, 0.2) is 0 Å². The van der Waals surface area contributed by atoms with Crippen LogP contribution in [0.2, 0.25) is 0 Å². The average molecular weight is 158 g/mol. The Bertz CT molecular complexity index is 58.4. The van der Waals surface area contributed by atoms with E-state index in [1.807, 2.05) is 0 Å². The molecule has 0 aliphatic rings. The summed E-state index contributed by atoms with van der Waals surface area (Å²) >= 11 is 0. The summed E-state index contributed by atoms with van der Waals surface area (Å²) in [5.41, 5.74) is 5.33. The van der Waals surface area contributed by atoms with Crippen LogP contribution in [0.4, 0.5) is 0 Å². The Kier molecular flexibility index (Phi) is 9.77. The zero-order valence-electron chi connectivity index (χ0n) is 7.23. The molecule has 0 rings (SSSR count). The smallest absolute Gasteiger partial charge is 0.00368 e. The highest BCUT2D eigenvalue weighted by Crippen LogP contribution is 1.74. The lowest BCUT2D eigenvalue weighted by Gasteiger charge is -2.03. The standard InChI is InChI=1S/C8H20N3/c1-2-10-7-4-8-11-6-3-5-9/h10-11H,1-9H2. The van der Waals surface area contributed by atoms with Crippen molar-refractivity contribution in [3.8, 4) is 0 Å². The lowest BCUT2D eigenvalue weighted by atomic mass is 10.4. The first-order chi connectivity index (χ1) is 5.41. The minimum atomic E-state index is 0.782. The van der Waals surface area contributed by atoms with Crippen molar-refractivity contribution in [2.45, 2.75) is 12.8 Å². The summed E-state index contributed by atoms with van der Waals surface area (Å²) in [6.45, 7) is 8.46. The summed E-state index contributed by atoms with van der Waals surface area (Å²) in [7, 11) is 0.